The van der Waals surface area contributed by atoms with Gasteiger partial charge < -0.3 is 15.2 Å². The van der Waals surface area contributed by atoms with Gasteiger partial charge in [-0.2, -0.15) is 0 Å². The molecule has 0 unspecified atom stereocenters. The zero-order chi connectivity index (χ0) is 18.0. The second kappa shape index (κ2) is 6.70. The normalized spacial score (nSPS) is 16.4. The molecule has 1 aromatic carbocycles. The Labute approximate surface area is 146 Å². The highest BCUT2D eigenvalue weighted by Crippen LogP contribution is 2.29. The lowest BCUT2D eigenvalue weighted by Gasteiger charge is -2.34. The molecule has 1 saturated carbocycles. The van der Waals surface area contributed by atoms with Crippen LogP contribution in [0, 0.1) is 6.92 Å². The van der Waals surface area contributed by atoms with E-state index in [1.165, 1.54) is 0 Å². The molecule has 0 radical (unpaired) electrons. The van der Waals surface area contributed by atoms with Crippen molar-refractivity contribution in [1.29, 1.82) is 0 Å². The molecule has 6 heteroatoms. The Morgan fingerprint density at radius 3 is 2.56 bits per heavy atom. The Hall–Kier alpha value is -2.63. The number of hydrogen-bond donors (Lipinski definition) is 2. The van der Waals surface area contributed by atoms with Crippen LogP contribution in [-0.2, 0) is 4.79 Å². The Bertz CT molecular complexity index is 826. The van der Waals surface area contributed by atoms with E-state index >= 15 is 0 Å². The Balaban J connectivity index is 1.93. The summed E-state index contributed by atoms with van der Waals surface area (Å²) in [6.45, 7) is 1.75. The fourth-order valence-electron chi connectivity index (χ4n) is 3.43. The first-order valence-electron chi connectivity index (χ1n) is 8.46. The van der Waals surface area contributed by atoms with E-state index in [9.17, 15) is 14.7 Å². The van der Waals surface area contributed by atoms with Crippen LogP contribution in [0.15, 0.2) is 24.3 Å². The van der Waals surface area contributed by atoms with E-state index in [1.807, 2.05) is 12.1 Å². The molecule has 0 aliphatic heterocycles. The van der Waals surface area contributed by atoms with Gasteiger partial charge in [-0.15, -0.1) is 0 Å². The molecule has 1 heterocycles. The van der Waals surface area contributed by atoms with Gasteiger partial charge in [0.2, 0.25) is 0 Å². The summed E-state index contributed by atoms with van der Waals surface area (Å²) >= 11 is 0. The lowest BCUT2D eigenvalue weighted by Crippen LogP contribution is -2.55. The highest BCUT2D eigenvalue weighted by molar-refractivity contribution is 6.01. The van der Waals surface area contributed by atoms with Gasteiger partial charge >= 0.3 is 5.97 Å². The van der Waals surface area contributed by atoms with E-state index in [1.54, 1.807) is 26.2 Å². The minimum atomic E-state index is -1.17. The van der Waals surface area contributed by atoms with Crippen molar-refractivity contribution in [2.45, 2.75) is 44.6 Å². The van der Waals surface area contributed by atoms with Crippen molar-refractivity contribution >= 4 is 22.8 Å². The monoisotopic (exact) mass is 342 g/mol. The van der Waals surface area contributed by atoms with Gasteiger partial charge in [0.1, 0.15) is 11.3 Å². The summed E-state index contributed by atoms with van der Waals surface area (Å²) in [5.74, 6) is -0.646. The zero-order valence-electron chi connectivity index (χ0n) is 14.5. The maximum atomic E-state index is 12.8. The van der Waals surface area contributed by atoms with Crippen LogP contribution in [0.1, 0.15) is 48.2 Å². The number of methoxy groups -OCH3 is 1. The Morgan fingerprint density at radius 1 is 1.20 bits per heavy atom. The molecule has 0 saturated heterocycles. The molecule has 0 atom stereocenters. The maximum Gasteiger partial charge on any atom is 0.329 e. The minimum Gasteiger partial charge on any atom is -0.497 e. The third-order valence-corrected chi connectivity index (χ3v) is 4.93. The van der Waals surface area contributed by atoms with Crippen LogP contribution < -0.4 is 10.1 Å². The van der Waals surface area contributed by atoms with Gasteiger partial charge in [-0.1, -0.05) is 19.3 Å². The number of carbonyl (C=O) groups is 2. The Morgan fingerprint density at radius 2 is 1.92 bits per heavy atom. The van der Waals surface area contributed by atoms with E-state index in [-0.39, 0.29) is 5.91 Å². The minimum absolute atomic E-state index is 0.382. The van der Waals surface area contributed by atoms with Gasteiger partial charge in [0, 0.05) is 11.5 Å². The average Bonchev–Trinajstić information content (AvgIpc) is 2.61. The van der Waals surface area contributed by atoms with Crippen LogP contribution in [0.4, 0.5) is 0 Å². The summed E-state index contributed by atoms with van der Waals surface area (Å²) in [6, 6.07) is 7.21. The summed E-state index contributed by atoms with van der Waals surface area (Å²) in [6.07, 6.45) is 3.54. The van der Waals surface area contributed by atoms with Crippen LogP contribution >= 0.6 is 0 Å². The number of nitrogens with one attached hydrogen (secondary N) is 1. The topological polar surface area (TPSA) is 88.5 Å². The maximum absolute atomic E-state index is 12.8. The van der Waals surface area contributed by atoms with Crippen molar-refractivity contribution in [2.24, 2.45) is 0 Å². The summed E-state index contributed by atoms with van der Waals surface area (Å²) < 4.78 is 5.20. The number of fused-ring (bicyclic) bond motifs is 1. The molecule has 2 aromatic rings. The second-order valence-electron chi connectivity index (χ2n) is 6.58. The van der Waals surface area contributed by atoms with Crippen molar-refractivity contribution in [3.8, 4) is 5.75 Å². The summed E-state index contributed by atoms with van der Waals surface area (Å²) in [5, 5.41) is 13.2. The number of carboxylic acid groups (broad SMARTS) is 1. The first kappa shape index (κ1) is 17.2. The fraction of sp³-hybridized carbons (Fsp3) is 0.421. The number of aromatic nitrogens is 1. The van der Waals surface area contributed by atoms with Crippen LogP contribution in [0.3, 0.4) is 0 Å². The van der Waals surface area contributed by atoms with Gasteiger partial charge in [-0.3, -0.25) is 9.78 Å². The standard InChI is InChI=1S/C19H22N2O4/c1-12-15(10-13-6-7-14(25-2)11-16(13)20-12)17(22)21-19(18(23)24)8-4-3-5-9-19/h6-7,10-11H,3-5,8-9H2,1-2H3,(H,21,22)(H,23,24). The zero-order valence-corrected chi connectivity index (χ0v) is 14.5. The molecule has 0 spiro atoms. The summed E-state index contributed by atoms with van der Waals surface area (Å²) in [7, 11) is 1.59. The van der Waals surface area contributed by atoms with Crippen molar-refractivity contribution < 1.29 is 19.4 Å². The van der Waals surface area contributed by atoms with Gasteiger partial charge in [-0.05, 0) is 38.0 Å². The van der Waals surface area contributed by atoms with E-state index in [2.05, 4.69) is 10.3 Å². The van der Waals surface area contributed by atoms with Gasteiger partial charge in [0.25, 0.3) is 5.91 Å². The predicted molar refractivity (Wildman–Crippen MR) is 94.0 cm³/mol. The quantitative estimate of drug-likeness (QED) is 0.891. The molecule has 2 N–H and O–H groups in total. The van der Waals surface area contributed by atoms with Gasteiger partial charge in [0.15, 0.2) is 0 Å². The van der Waals surface area contributed by atoms with Gasteiger partial charge in [-0.25, -0.2) is 4.79 Å². The van der Waals surface area contributed by atoms with E-state index in [0.717, 1.165) is 30.2 Å². The molecule has 6 nitrogen and oxygen atoms in total. The molecule has 25 heavy (non-hydrogen) atoms. The second-order valence-corrected chi connectivity index (χ2v) is 6.58. The fourth-order valence-corrected chi connectivity index (χ4v) is 3.43. The van der Waals surface area contributed by atoms with Crippen molar-refractivity contribution in [1.82, 2.24) is 10.3 Å². The van der Waals surface area contributed by atoms with E-state index < -0.39 is 11.5 Å². The smallest absolute Gasteiger partial charge is 0.329 e. The molecule has 1 fully saturated rings. The lowest BCUT2D eigenvalue weighted by atomic mass is 9.81. The van der Waals surface area contributed by atoms with Crippen molar-refractivity contribution in [3.05, 3.63) is 35.5 Å². The molecule has 1 aliphatic carbocycles. The number of benzene rings is 1. The van der Waals surface area contributed by atoms with Crippen LogP contribution in [0.25, 0.3) is 10.9 Å². The summed E-state index contributed by atoms with van der Waals surface area (Å²) in [5.41, 5.74) is 0.536. The number of carboxylic acids is 1. The lowest BCUT2D eigenvalue weighted by molar-refractivity contribution is -0.145. The number of nitrogens with zero attached hydrogens (tertiary/aromatic N) is 1. The molecular weight excluding hydrogens is 320 g/mol. The molecule has 0 bridgehead atoms. The molecular formula is C19H22N2O4. The highest BCUT2D eigenvalue weighted by atomic mass is 16.5. The number of rotatable bonds is 4. The Kier molecular flexibility index (Phi) is 4.61. The van der Waals surface area contributed by atoms with Crippen LogP contribution in [0.5, 0.6) is 5.75 Å². The SMILES string of the molecule is COc1ccc2cc(C(=O)NC3(C(=O)O)CCCCC3)c(C)nc2c1. The van der Waals surface area contributed by atoms with Crippen LogP contribution in [0.2, 0.25) is 0 Å². The largest absolute Gasteiger partial charge is 0.497 e. The predicted octanol–water partition coefficient (Wildman–Crippen LogP) is 3.07. The molecule has 1 aliphatic rings. The molecule has 1 amide bonds. The van der Waals surface area contributed by atoms with E-state index in [4.69, 9.17) is 4.74 Å². The first-order chi connectivity index (χ1) is 11.9. The van der Waals surface area contributed by atoms with Crippen LogP contribution in [-0.4, -0.2) is 34.6 Å². The highest BCUT2D eigenvalue weighted by Gasteiger charge is 2.41. The third-order valence-electron chi connectivity index (χ3n) is 4.93. The number of hydrogen-bond acceptors (Lipinski definition) is 4. The van der Waals surface area contributed by atoms with Gasteiger partial charge in [0.05, 0.1) is 23.9 Å². The number of carbonyl (C=O) groups excluding carboxylic acids is 1. The molecule has 1 aromatic heterocycles. The number of aryl methyl sites for hydroxylation is 1. The third kappa shape index (κ3) is 3.29. The number of aliphatic carboxylic acids is 1. The van der Waals surface area contributed by atoms with Crippen molar-refractivity contribution in [3.63, 3.8) is 0 Å². The van der Waals surface area contributed by atoms with Crippen molar-refractivity contribution in [2.75, 3.05) is 7.11 Å². The number of pyridine rings is 1. The number of amides is 1. The first-order valence-corrected chi connectivity index (χ1v) is 8.46. The molecule has 132 valence electrons. The molecule has 3 rings (SSSR count). The van der Waals surface area contributed by atoms with E-state index in [0.29, 0.717) is 29.8 Å². The number of ether oxygens (including phenoxy) is 1. The average molecular weight is 342 g/mol. The summed E-state index contributed by atoms with van der Waals surface area (Å²) in [4.78, 5) is 29.0.